The SMILES string of the molecule is COc1ccc(C#Cc2cc(N(C)C)c3c(c2O)C(=O)C2=C(O)[C@]4(O)C(=O)C(C(N)=O)=C(O)[C@@H](N(C)C)[C@@H]4C[C@@H]2C3)cc1. The Morgan fingerprint density at radius 1 is 1.07 bits per heavy atom. The van der Waals surface area contributed by atoms with E-state index >= 15 is 0 Å². The topological polar surface area (TPSA) is 174 Å². The number of carbonyl (C=O) groups is 3. The monoisotopic (exact) mass is 587 g/mol. The third-order valence-electron chi connectivity index (χ3n) is 8.61. The minimum Gasteiger partial charge on any atom is -0.510 e. The first-order valence-corrected chi connectivity index (χ1v) is 13.6. The molecule has 0 saturated heterocycles. The van der Waals surface area contributed by atoms with E-state index in [1.807, 2.05) is 0 Å². The number of aliphatic hydroxyl groups is 3. The van der Waals surface area contributed by atoms with Gasteiger partial charge in [-0.1, -0.05) is 11.8 Å². The lowest BCUT2D eigenvalue weighted by Gasteiger charge is -2.50. The number of aromatic hydroxyl groups is 1. The number of hydrogen-bond donors (Lipinski definition) is 5. The molecule has 0 radical (unpaired) electrons. The van der Waals surface area contributed by atoms with E-state index in [-0.39, 0.29) is 29.5 Å². The second kappa shape index (κ2) is 10.5. The van der Waals surface area contributed by atoms with Crippen LogP contribution in [0, 0.1) is 23.7 Å². The molecule has 1 amide bonds. The van der Waals surface area contributed by atoms with Crippen molar-refractivity contribution in [1.29, 1.82) is 0 Å². The van der Waals surface area contributed by atoms with E-state index in [2.05, 4.69) is 11.8 Å². The highest BCUT2D eigenvalue weighted by atomic mass is 16.5. The number of amides is 1. The molecule has 0 spiro atoms. The van der Waals surface area contributed by atoms with Gasteiger partial charge in [0.2, 0.25) is 5.78 Å². The lowest BCUT2D eigenvalue weighted by molar-refractivity contribution is -0.148. The number of fused-ring (bicyclic) bond motifs is 3. The van der Waals surface area contributed by atoms with Gasteiger partial charge in [0.25, 0.3) is 5.91 Å². The van der Waals surface area contributed by atoms with Gasteiger partial charge in [-0.15, -0.1) is 0 Å². The molecule has 0 unspecified atom stereocenters. The Balaban J connectivity index is 1.68. The molecule has 5 rings (SSSR count). The van der Waals surface area contributed by atoms with Crippen molar-refractivity contribution in [2.75, 3.05) is 40.2 Å². The average molecular weight is 588 g/mol. The number of benzene rings is 2. The fourth-order valence-corrected chi connectivity index (χ4v) is 6.61. The summed E-state index contributed by atoms with van der Waals surface area (Å²) in [6.45, 7) is 0. The van der Waals surface area contributed by atoms with Crippen molar-refractivity contribution in [3.8, 4) is 23.3 Å². The van der Waals surface area contributed by atoms with Gasteiger partial charge in [-0.25, -0.2) is 0 Å². The molecule has 3 aliphatic carbocycles. The number of primary amides is 1. The third-order valence-corrected chi connectivity index (χ3v) is 8.61. The molecule has 6 N–H and O–H groups in total. The maximum absolute atomic E-state index is 14.1. The molecule has 2 aromatic carbocycles. The number of rotatable bonds is 4. The van der Waals surface area contributed by atoms with Gasteiger partial charge in [-0.3, -0.25) is 19.3 Å². The number of Topliss-reactive ketones (excluding diaryl/α,β-unsaturated/α-hetero) is 2. The molecule has 3 aliphatic rings. The molecule has 0 fully saturated rings. The summed E-state index contributed by atoms with van der Waals surface area (Å²) in [6, 6.07) is 7.62. The van der Waals surface area contributed by atoms with Crippen molar-refractivity contribution in [3.63, 3.8) is 0 Å². The van der Waals surface area contributed by atoms with Crippen molar-refractivity contribution < 1.29 is 39.5 Å². The van der Waals surface area contributed by atoms with Crippen LogP contribution in [0.5, 0.6) is 11.5 Å². The Morgan fingerprint density at radius 2 is 1.72 bits per heavy atom. The number of aliphatic hydroxyl groups excluding tert-OH is 2. The fourth-order valence-electron chi connectivity index (χ4n) is 6.61. The molecule has 0 aliphatic heterocycles. The first kappa shape index (κ1) is 29.7. The molecule has 0 saturated carbocycles. The number of hydrogen-bond acceptors (Lipinski definition) is 10. The van der Waals surface area contributed by atoms with Crippen LogP contribution < -0.4 is 15.4 Å². The molecule has 11 heteroatoms. The van der Waals surface area contributed by atoms with Crippen LogP contribution in [-0.4, -0.2) is 89.7 Å². The smallest absolute Gasteiger partial charge is 0.255 e. The third kappa shape index (κ3) is 4.42. The largest absolute Gasteiger partial charge is 0.510 e. The minimum atomic E-state index is -2.70. The first-order chi connectivity index (χ1) is 20.2. The van der Waals surface area contributed by atoms with Crippen LogP contribution in [0.25, 0.3) is 0 Å². The minimum absolute atomic E-state index is 0.0123. The molecule has 0 heterocycles. The van der Waals surface area contributed by atoms with Crippen LogP contribution in [-0.2, 0) is 16.0 Å². The van der Waals surface area contributed by atoms with Crippen molar-refractivity contribution >= 4 is 23.2 Å². The molecular weight excluding hydrogens is 554 g/mol. The number of likely N-dealkylation sites (N-methyl/N-ethyl adjacent to an activating group) is 1. The van der Waals surface area contributed by atoms with Crippen molar-refractivity contribution in [2.45, 2.75) is 24.5 Å². The zero-order valence-corrected chi connectivity index (χ0v) is 24.4. The summed E-state index contributed by atoms with van der Waals surface area (Å²) in [7, 11) is 8.30. The predicted octanol–water partition coefficient (Wildman–Crippen LogP) is 1.59. The number of anilines is 1. The lowest BCUT2D eigenvalue weighted by Crippen LogP contribution is -2.63. The number of nitrogens with zero attached hydrogens (tertiary/aromatic N) is 2. The van der Waals surface area contributed by atoms with Crippen LogP contribution in [0.3, 0.4) is 0 Å². The van der Waals surface area contributed by atoms with E-state index in [1.54, 1.807) is 70.5 Å². The van der Waals surface area contributed by atoms with E-state index in [0.29, 0.717) is 22.6 Å². The quantitative estimate of drug-likeness (QED) is 0.261. The van der Waals surface area contributed by atoms with Gasteiger partial charge in [0.1, 0.15) is 28.6 Å². The Labute approximate surface area is 248 Å². The normalized spacial score (nSPS) is 24.6. The zero-order chi connectivity index (χ0) is 31.5. The van der Waals surface area contributed by atoms with E-state index in [0.717, 1.165) is 0 Å². The predicted molar refractivity (Wildman–Crippen MR) is 157 cm³/mol. The Bertz CT molecular complexity index is 1690. The van der Waals surface area contributed by atoms with E-state index in [9.17, 15) is 34.8 Å². The van der Waals surface area contributed by atoms with E-state index < -0.39 is 63.8 Å². The Hall–Kier alpha value is -4.79. The van der Waals surface area contributed by atoms with Gasteiger partial charge in [0, 0.05) is 36.8 Å². The molecule has 224 valence electrons. The summed E-state index contributed by atoms with van der Waals surface area (Å²) >= 11 is 0. The number of ketones is 2. The summed E-state index contributed by atoms with van der Waals surface area (Å²) in [5, 5.41) is 45.6. The summed E-state index contributed by atoms with van der Waals surface area (Å²) in [5.41, 5.74) is 3.50. The second-order valence-electron chi connectivity index (χ2n) is 11.5. The number of nitrogens with two attached hydrogens (primary N) is 1. The van der Waals surface area contributed by atoms with E-state index in [1.165, 1.54) is 4.90 Å². The Kier molecular flexibility index (Phi) is 7.24. The van der Waals surface area contributed by atoms with Crippen LogP contribution >= 0.6 is 0 Å². The van der Waals surface area contributed by atoms with Gasteiger partial charge in [-0.05, 0) is 68.8 Å². The van der Waals surface area contributed by atoms with E-state index in [4.69, 9.17) is 10.5 Å². The lowest BCUT2D eigenvalue weighted by atomic mass is 9.58. The number of ether oxygens (including phenoxy) is 1. The van der Waals surface area contributed by atoms with Crippen LogP contribution in [0.4, 0.5) is 5.69 Å². The van der Waals surface area contributed by atoms with Crippen molar-refractivity contribution in [2.24, 2.45) is 17.6 Å². The fraction of sp³-hybridized carbons (Fsp3) is 0.344. The molecule has 2 aromatic rings. The standard InChI is InChI=1S/C32H33N3O8/c1-34(2)21-14-16(9-6-15-7-10-18(43-5)11-8-15)26(36)23-19(21)12-17-13-20-25(35(3)4)28(38)24(31(33)41)30(40)32(20,42)29(39)22(17)27(23)37/h7-8,10-11,14,17,20,25,36,38-39,42H,12-13H2,1-5H3,(H2,33,41)/t17-,20-,25-,32-/m0/s1. The van der Waals surface area contributed by atoms with Gasteiger partial charge in [-0.2, -0.15) is 0 Å². The van der Waals surface area contributed by atoms with Crippen molar-refractivity contribution in [3.05, 3.63) is 75.3 Å². The first-order valence-electron chi connectivity index (χ1n) is 13.6. The van der Waals surface area contributed by atoms with Crippen molar-refractivity contribution in [1.82, 2.24) is 4.90 Å². The molecule has 43 heavy (non-hydrogen) atoms. The Morgan fingerprint density at radius 3 is 2.28 bits per heavy atom. The number of phenols is 1. The second-order valence-corrected chi connectivity index (χ2v) is 11.5. The van der Waals surface area contributed by atoms with Crippen LogP contribution in [0.15, 0.2) is 53.0 Å². The average Bonchev–Trinajstić information content (AvgIpc) is 2.94. The number of carbonyl (C=O) groups excluding carboxylic acids is 3. The van der Waals surface area contributed by atoms with Gasteiger partial charge < -0.3 is 35.8 Å². The highest BCUT2D eigenvalue weighted by Crippen LogP contribution is 2.53. The summed E-state index contributed by atoms with van der Waals surface area (Å²) in [6.07, 6.45) is 0.195. The highest BCUT2D eigenvalue weighted by molar-refractivity contribution is 6.25. The van der Waals surface area contributed by atoms with Crippen LogP contribution in [0.2, 0.25) is 0 Å². The molecule has 4 atom stereocenters. The van der Waals surface area contributed by atoms with Gasteiger partial charge in [0.05, 0.1) is 24.3 Å². The zero-order valence-electron chi connectivity index (χ0n) is 24.4. The number of phenolic OH excluding ortho intramolecular Hbond substituents is 1. The molecule has 0 aromatic heterocycles. The van der Waals surface area contributed by atoms with Gasteiger partial charge >= 0.3 is 0 Å². The number of methoxy groups -OCH3 is 1. The molecule has 0 bridgehead atoms. The maximum atomic E-state index is 14.1. The van der Waals surface area contributed by atoms with Crippen LogP contribution in [0.1, 0.15) is 33.5 Å². The highest BCUT2D eigenvalue weighted by Gasteiger charge is 2.63. The van der Waals surface area contributed by atoms with Gasteiger partial charge in [0.15, 0.2) is 11.4 Å². The molecule has 11 nitrogen and oxygen atoms in total. The number of allylic oxidation sites excluding steroid dienone is 1. The summed E-state index contributed by atoms with van der Waals surface area (Å²) < 4.78 is 5.17. The summed E-state index contributed by atoms with van der Waals surface area (Å²) in [4.78, 5) is 43.1. The maximum Gasteiger partial charge on any atom is 0.255 e. The summed E-state index contributed by atoms with van der Waals surface area (Å²) in [5.74, 6) is -0.430. The molecular formula is C32H33N3O8.